The van der Waals surface area contributed by atoms with Crippen molar-refractivity contribution in [1.82, 2.24) is 19.6 Å². The second kappa shape index (κ2) is 6.45. The first kappa shape index (κ1) is 16.2. The van der Waals surface area contributed by atoms with E-state index in [0.717, 1.165) is 11.3 Å². The van der Waals surface area contributed by atoms with Crippen LogP contribution < -0.4 is 5.32 Å². The third-order valence-corrected chi connectivity index (χ3v) is 3.99. The van der Waals surface area contributed by atoms with Crippen molar-refractivity contribution in [1.29, 1.82) is 0 Å². The molecule has 2 heterocycles. The minimum Gasteiger partial charge on any atom is -0.481 e. The van der Waals surface area contributed by atoms with Crippen LogP contribution >= 0.6 is 11.6 Å². The molecule has 1 aromatic carbocycles. The smallest absolute Gasteiger partial charge is 0.307 e. The molecule has 0 bridgehead atoms. The van der Waals surface area contributed by atoms with Crippen LogP contribution in [-0.2, 0) is 17.8 Å². The summed E-state index contributed by atoms with van der Waals surface area (Å²) in [4.78, 5) is 19.7. The van der Waals surface area contributed by atoms with Crippen molar-refractivity contribution in [2.75, 3.05) is 5.32 Å². The van der Waals surface area contributed by atoms with Crippen LogP contribution in [0.2, 0.25) is 5.02 Å². The molecule has 0 saturated heterocycles. The number of nitrogens with one attached hydrogen (secondary N) is 1. The molecule has 0 saturated carbocycles. The highest BCUT2D eigenvalue weighted by Gasteiger charge is 2.15. The van der Waals surface area contributed by atoms with Crippen LogP contribution in [0.4, 0.5) is 5.95 Å². The zero-order valence-electron chi connectivity index (χ0n) is 13.2. The topological polar surface area (TPSA) is 92.4 Å². The maximum Gasteiger partial charge on any atom is 0.307 e. The van der Waals surface area contributed by atoms with Gasteiger partial charge < -0.3 is 10.4 Å². The number of fused-ring (bicyclic) bond motifs is 1. The second-order valence-corrected chi connectivity index (χ2v) is 5.90. The van der Waals surface area contributed by atoms with Gasteiger partial charge in [-0.25, -0.2) is 4.98 Å². The number of benzene rings is 1. The van der Waals surface area contributed by atoms with Crippen molar-refractivity contribution >= 4 is 29.3 Å². The Morgan fingerprint density at radius 2 is 1.96 bits per heavy atom. The normalized spacial score (nSPS) is 11.0. The number of rotatable bonds is 5. The van der Waals surface area contributed by atoms with Crippen LogP contribution in [0.25, 0.3) is 5.78 Å². The van der Waals surface area contributed by atoms with Crippen molar-refractivity contribution in [2.45, 2.75) is 26.8 Å². The molecule has 8 heteroatoms. The van der Waals surface area contributed by atoms with Crippen LogP contribution in [-0.4, -0.2) is 30.7 Å². The van der Waals surface area contributed by atoms with Crippen LogP contribution in [0.1, 0.15) is 22.5 Å². The third-order valence-electron chi connectivity index (χ3n) is 3.74. The van der Waals surface area contributed by atoms with Crippen LogP contribution in [0.5, 0.6) is 0 Å². The highest BCUT2D eigenvalue weighted by atomic mass is 35.5. The predicted octanol–water partition coefficient (Wildman–Crippen LogP) is 2.63. The molecule has 0 atom stereocenters. The number of anilines is 1. The Morgan fingerprint density at radius 3 is 2.62 bits per heavy atom. The van der Waals surface area contributed by atoms with Gasteiger partial charge in [0.1, 0.15) is 0 Å². The lowest BCUT2D eigenvalue weighted by atomic mass is 10.1. The number of aliphatic carboxylic acids is 1. The first-order valence-corrected chi connectivity index (χ1v) is 7.75. The molecule has 0 aliphatic heterocycles. The fourth-order valence-corrected chi connectivity index (χ4v) is 2.60. The van der Waals surface area contributed by atoms with Crippen molar-refractivity contribution in [3.8, 4) is 0 Å². The zero-order valence-corrected chi connectivity index (χ0v) is 14.0. The number of carbonyl (C=O) groups is 1. The maximum atomic E-state index is 11.0. The monoisotopic (exact) mass is 345 g/mol. The van der Waals surface area contributed by atoms with E-state index in [4.69, 9.17) is 16.7 Å². The van der Waals surface area contributed by atoms with Gasteiger partial charge in [0, 0.05) is 28.5 Å². The molecule has 3 aromatic rings. The highest BCUT2D eigenvalue weighted by Crippen LogP contribution is 2.16. The van der Waals surface area contributed by atoms with E-state index in [1.807, 2.05) is 31.2 Å². The Bertz CT molecular complexity index is 905. The Hall–Kier alpha value is -2.67. The lowest BCUT2D eigenvalue weighted by Crippen LogP contribution is -2.10. The van der Waals surface area contributed by atoms with E-state index < -0.39 is 5.97 Å². The first-order chi connectivity index (χ1) is 11.4. The Labute approximate surface area is 143 Å². The second-order valence-electron chi connectivity index (χ2n) is 5.46. The predicted molar refractivity (Wildman–Crippen MR) is 90.4 cm³/mol. The molecule has 0 radical (unpaired) electrons. The standard InChI is InChI=1S/C16H16ClN5O2/c1-9-13(7-14(23)24)10(2)22-16(19-9)20-15(21-22)18-8-11-3-5-12(17)6-4-11/h3-6H,7-8H2,1-2H3,(H,18,21)(H,23,24). The van der Waals surface area contributed by atoms with Gasteiger partial charge in [-0.2, -0.15) is 9.50 Å². The SMILES string of the molecule is Cc1nc2nc(NCc3ccc(Cl)cc3)nn2c(C)c1CC(=O)O. The van der Waals surface area contributed by atoms with Gasteiger partial charge in [-0.1, -0.05) is 23.7 Å². The van der Waals surface area contributed by atoms with E-state index in [0.29, 0.717) is 34.6 Å². The zero-order chi connectivity index (χ0) is 17.3. The minimum absolute atomic E-state index is 0.0893. The fraction of sp³-hybridized carbons (Fsp3) is 0.250. The van der Waals surface area contributed by atoms with Crippen molar-refractivity contribution in [3.63, 3.8) is 0 Å². The number of carboxylic acid groups (broad SMARTS) is 1. The van der Waals surface area contributed by atoms with E-state index in [1.54, 1.807) is 11.4 Å². The highest BCUT2D eigenvalue weighted by molar-refractivity contribution is 6.30. The molecule has 2 N–H and O–H groups in total. The quantitative estimate of drug-likeness (QED) is 0.738. The van der Waals surface area contributed by atoms with E-state index >= 15 is 0 Å². The van der Waals surface area contributed by atoms with Gasteiger partial charge >= 0.3 is 5.97 Å². The van der Waals surface area contributed by atoms with Gasteiger partial charge in [-0.05, 0) is 31.5 Å². The lowest BCUT2D eigenvalue weighted by molar-refractivity contribution is -0.136. The molecule has 0 aliphatic rings. The van der Waals surface area contributed by atoms with E-state index in [1.165, 1.54) is 0 Å². The van der Waals surface area contributed by atoms with Gasteiger partial charge in [0.05, 0.1) is 6.42 Å². The number of carboxylic acids is 1. The van der Waals surface area contributed by atoms with Crippen LogP contribution in [0.3, 0.4) is 0 Å². The Kier molecular flexibility index (Phi) is 4.35. The summed E-state index contributed by atoms with van der Waals surface area (Å²) >= 11 is 5.87. The van der Waals surface area contributed by atoms with Crippen LogP contribution in [0.15, 0.2) is 24.3 Å². The van der Waals surface area contributed by atoms with Gasteiger partial charge in [-0.15, -0.1) is 5.10 Å². The van der Waals surface area contributed by atoms with Gasteiger partial charge in [0.15, 0.2) is 0 Å². The van der Waals surface area contributed by atoms with E-state index in [2.05, 4.69) is 20.4 Å². The van der Waals surface area contributed by atoms with Crippen molar-refractivity contribution < 1.29 is 9.90 Å². The number of hydrogen-bond acceptors (Lipinski definition) is 5. The number of aromatic nitrogens is 4. The molecule has 0 aliphatic carbocycles. The van der Waals surface area contributed by atoms with Crippen molar-refractivity contribution in [3.05, 3.63) is 51.8 Å². The summed E-state index contributed by atoms with van der Waals surface area (Å²) in [5.41, 5.74) is 3.08. The average molecular weight is 346 g/mol. The Morgan fingerprint density at radius 1 is 1.25 bits per heavy atom. The number of nitrogens with zero attached hydrogens (tertiary/aromatic N) is 4. The van der Waals surface area contributed by atoms with Crippen molar-refractivity contribution in [2.24, 2.45) is 0 Å². The molecule has 0 spiro atoms. The summed E-state index contributed by atoms with van der Waals surface area (Å²) in [6.45, 7) is 4.15. The Balaban J connectivity index is 1.86. The molecule has 0 amide bonds. The molecule has 3 rings (SSSR count). The lowest BCUT2D eigenvalue weighted by Gasteiger charge is -2.07. The molecule has 7 nitrogen and oxygen atoms in total. The molecule has 24 heavy (non-hydrogen) atoms. The molecule has 0 unspecified atom stereocenters. The number of hydrogen-bond donors (Lipinski definition) is 2. The van der Waals surface area contributed by atoms with Crippen LogP contribution in [0, 0.1) is 13.8 Å². The molecular formula is C16H16ClN5O2. The summed E-state index contributed by atoms with van der Waals surface area (Å²) in [7, 11) is 0. The maximum absolute atomic E-state index is 11.0. The molecule has 124 valence electrons. The summed E-state index contributed by atoms with van der Waals surface area (Å²) in [5, 5.41) is 17.2. The van der Waals surface area contributed by atoms with E-state index in [-0.39, 0.29) is 6.42 Å². The van der Waals surface area contributed by atoms with E-state index in [9.17, 15) is 4.79 Å². The summed E-state index contributed by atoms with van der Waals surface area (Å²) in [6.07, 6.45) is -0.0893. The molecule has 2 aromatic heterocycles. The summed E-state index contributed by atoms with van der Waals surface area (Å²) < 4.78 is 1.56. The summed E-state index contributed by atoms with van der Waals surface area (Å²) in [5.74, 6) is -0.0197. The number of aryl methyl sites for hydroxylation is 2. The summed E-state index contributed by atoms with van der Waals surface area (Å²) in [6, 6.07) is 7.49. The van der Waals surface area contributed by atoms with Gasteiger partial charge in [0.2, 0.25) is 5.95 Å². The fourth-order valence-electron chi connectivity index (χ4n) is 2.47. The van der Waals surface area contributed by atoms with Gasteiger partial charge in [-0.3, -0.25) is 4.79 Å². The molecule has 0 fully saturated rings. The minimum atomic E-state index is -0.899. The molecular weight excluding hydrogens is 330 g/mol. The largest absolute Gasteiger partial charge is 0.481 e. The third kappa shape index (κ3) is 3.30. The first-order valence-electron chi connectivity index (χ1n) is 7.37. The number of halogens is 1. The van der Waals surface area contributed by atoms with Gasteiger partial charge in [0.25, 0.3) is 5.78 Å². The average Bonchev–Trinajstić information content (AvgIpc) is 2.94.